The molecule has 0 amide bonds. The van der Waals surface area contributed by atoms with Crippen LogP contribution in [0.3, 0.4) is 0 Å². The molecule has 0 N–H and O–H groups in total. The molecule has 10 heteroatoms. The molecule has 1 saturated heterocycles. The number of ether oxygens (including phenoxy) is 3. The van der Waals surface area contributed by atoms with Crippen LogP contribution in [0.1, 0.15) is 18.5 Å². The van der Waals surface area contributed by atoms with Crippen LogP contribution in [0.2, 0.25) is 0 Å². The molecule has 0 aliphatic carbocycles. The second kappa shape index (κ2) is 8.03. The summed E-state index contributed by atoms with van der Waals surface area (Å²) in [6.07, 6.45) is 2.08. The summed E-state index contributed by atoms with van der Waals surface area (Å²) in [6, 6.07) is 7.19. The fraction of sp³-hybridized carbons (Fsp3) is 0.474. The van der Waals surface area contributed by atoms with Crippen molar-refractivity contribution in [2.24, 2.45) is 5.92 Å². The first-order chi connectivity index (χ1) is 13.9. The summed E-state index contributed by atoms with van der Waals surface area (Å²) in [7, 11) is -3.22. The number of aromatic nitrogens is 1. The van der Waals surface area contributed by atoms with Crippen molar-refractivity contribution in [1.29, 1.82) is 0 Å². The van der Waals surface area contributed by atoms with E-state index in [0.717, 1.165) is 5.56 Å². The van der Waals surface area contributed by atoms with Gasteiger partial charge in [0.15, 0.2) is 17.3 Å². The number of piperidine rings is 1. The molecule has 0 spiro atoms. The highest BCUT2D eigenvalue weighted by atomic mass is 32.2. The third kappa shape index (κ3) is 4.54. The van der Waals surface area contributed by atoms with Crippen molar-refractivity contribution in [3.63, 3.8) is 0 Å². The minimum Gasteiger partial charge on any atom is -0.486 e. The normalized spacial score (nSPS) is 17.8. The fourth-order valence-electron chi connectivity index (χ4n) is 3.40. The monoisotopic (exact) mass is 422 g/mol. The molecule has 2 aliphatic rings. The van der Waals surface area contributed by atoms with E-state index in [2.05, 4.69) is 5.16 Å². The van der Waals surface area contributed by atoms with Crippen molar-refractivity contribution in [3.8, 4) is 22.8 Å². The fourth-order valence-corrected chi connectivity index (χ4v) is 4.27. The molecule has 3 heterocycles. The van der Waals surface area contributed by atoms with Crippen LogP contribution in [0.15, 0.2) is 28.8 Å². The van der Waals surface area contributed by atoms with Gasteiger partial charge in [0.2, 0.25) is 10.0 Å². The summed E-state index contributed by atoms with van der Waals surface area (Å²) in [5, 5.41) is 3.95. The molecule has 29 heavy (non-hydrogen) atoms. The van der Waals surface area contributed by atoms with Gasteiger partial charge in [-0.15, -0.1) is 0 Å². The van der Waals surface area contributed by atoms with Crippen molar-refractivity contribution in [3.05, 3.63) is 30.0 Å². The number of benzene rings is 1. The maximum absolute atomic E-state index is 12.3. The second-order valence-electron chi connectivity index (χ2n) is 7.08. The number of esters is 1. The molecule has 2 aromatic rings. The van der Waals surface area contributed by atoms with E-state index in [4.69, 9.17) is 18.7 Å². The Morgan fingerprint density at radius 3 is 2.62 bits per heavy atom. The molecule has 2 aliphatic heterocycles. The molecule has 1 aromatic carbocycles. The molecule has 1 fully saturated rings. The van der Waals surface area contributed by atoms with E-state index in [9.17, 15) is 13.2 Å². The number of fused-ring (bicyclic) bond motifs is 1. The van der Waals surface area contributed by atoms with Crippen LogP contribution in [0.25, 0.3) is 11.3 Å². The summed E-state index contributed by atoms with van der Waals surface area (Å²) in [5.74, 6) is 1.22. The zero-order chi connectivity index (χ0) is 20.4. The molecule has 4 rings (SSSR count). The van der Waals surface area contributed by atoms with E-state index >= 15 is 0 Å². The van der Waals surface area contributed by atoms with Gasteiger partial charge in [0.05, 0.1) is 12.2 Å². The number of rotatable bonds is 5. The SMILES string of the molecule is CS(=O)(=O)N1CCC(C(=O)OCc2cc(-c3ccc4c(c3)OCCO4)on2)CC1. The molecule has 0 unspecified atom stereocenters. The lowest BCUT2D eigenvalue weighted by Gasteiger charge is -2.28. The standard InChI is InChI=1S/C19H22N2O7S/c1-29(23,24)21-6-4-13(5-7-21)19(22)27-12-15-11-17(28-20-15)14-2-3-16-18(10-14)26-9-8-25-16/h2-3,10-11,13H,4-9,12H2,1H3. The van der Waals surface area contributed by atoms with Gasteiger partial charge in [-0.2, -0.15) is 0 Å². The Bertz CT molecular complexity index is 994. The Morgan fingerprint density at radius 2 is 1.90 bits per heavy atom. The number of nitrogens with zero attached hydrogens (tertiary/aromatic N) is 2. The molecule has 0 saturated carbocycles. The zero-order valence-electron chi connectivity index (χ0n) is 16.0. The minimum absolute atomic E-state index is 0.000818. The largest absolute Gasteiger partial charge is 0.486 e. The quantitative estimate of drug-likeness (QED) is 0.672. The van der Waals surface area contributed by atoms with Gasteiger partial charge in [0.1, 0.15) is 25.5 Å². The lowest BCUT2D eigenvalue weighted by atomic mass is 9.98. The molecule has 0 atom stereocenters. The first-order valence-corrected chi connectivity index (χ1v) is 11.2. The van der Waals surface area contributed by atoms with E-state index in [1.165, 1.54) is 10.6 Å². The van der Waals surface area contributed by atoms with Crippen molar-refractivity contribution in [2.45, 2.75) is 19.4 Å². The maximum atomic E-state index is 12.3. The maximum Gasteiger partial charge on any atom is 0.309 e. The second-order valence-corrected chi connectivity index (χ2v) is 9.07. The number of sulfonamides is 1. The van der Waals surface area contributed by atoms with Crippen molar-refractivity contribution < 1.29 is 31.9 Å². The molecular formula is C19H22N2O7S. The predicted octanol–water partition coefficient (Wildman–Crippen LogP) is 1.83. The predicted molar refractivity (Wildman–Crippen MR) is 102 cm³/mol. The highest BCUT2D eigenvalue weighted by Crippen LogP contribution is 2.34. The number of hydrogen-bond donors (Lipinski definition) is 0. The minimum atomic E-state index is -3.22. The average molecular weight is 422 g/mol. The van der Waals surface area contributed by atoms with Crippen LogP contribution in [0, 0.1) is 5.92 Å². The summed E-state index contributed by atoms with van der Waals surface area (Å²) >= 11 is 0. The topological polar surface area (TPSA) is 108 Å². The zero-order valence-corrected chi connectivity index (χ0v) is 16.8. The summed E-state index contributed by atoms with van der Waals surface area (Å²) in [4.78, 5) is 12.3. The van der Waals surface area contributed by atoms with Gasteiger partial charge in [0.25, 0.3) is 0 Å². The van der Waals surface area contributed by atoms with Gasteiger partial charge < -0.3 is 18.7 Å². The van der Waals surface area contributed by atoms with Crippen molar-refractivity contribution >= 4 is 16.0 Å². The summed E-state index contributed by atoms with van der Waals surface area (Å²) in [6.45, 7) is 1.68. The van der Waals surface area contributed by atoms with Crippen molar-refractivity contribution in [1.82, 2.24) is 9.46 Å². The van der Waals surface area contributed by atoms with Crippen LogP contribution >= 0.6 is 0 Å². The molecule has 156 valence electrons. The lowest BCUT2D eigenvalue weighted by Crippen LogP contribution is -2.40. The van der Waals surface area contributed by atoms with Crippen LogP contribution < -0.4 is 9.47 Å². The van der Waals surface area contributed by atoms with Crippen LogP contribution in [-0.2, 0) is 26.2 Å². The third-order valence-corrected chi connectivity index (χ3v) is 6.31. The van der Waals surface area contributed by atoms with Gasteiger partial charge in [-0.25, -0.2) is 12.7 Å². The van der Waals surface area contributed by atoms with Crippen molar-refractivity contribution in [2.75, 3.05) is 32.6 Å². The van der Waals surface area contributed by atoms with Gasteiger partial charge in [-0.1, -0.05) is 5.16 Å². The number of carbonyl (C=O) groups is 1. The van der Waals surface area contributed by atoms with E-state index in [1.54, 1.807) is 6.07 Å². The van der Waals surface area contributed by atoms with Crippen LogP contribution in [0.5, 0.6) is 11.5 Å². The Labute approximate surface area is 168 Å². The molecular weight excluding hydrogens is 400 g/mol. The van der Waals surface area contributed by atoms with Crippen LogP contribution in [-0.4, -0.2) is 56.4 Å². The third-order valence-electron chi connectivity index (χ3n) is 5.00. The van der Waals surface area contributed by atoms with E-state index in [1.807, 2.05) is 18.2 Å². The van der Waals surface area contributed by atoms with Crippen LogP contribution in [0.4, 0.5) is 0 Å². The summed E-state index contributed by atoms with van der Waals surface area (Å²) in [5.41, 5.74) is 1.28. The van der Waals surface area contributed by atoms with E-state index < -0.39 is 10.0 Å². The smallest absolute Gasteiger partial charge is 0.309 e. The van der Waals surface area contributed by atoms with Gasteiger partial charge in [0, 0.05) is 24.7 Å². The van der Waals surface area contributed by atoms with E-state index in [-0.39, 0.29) is 18.5 Å². The number of carbonyl (C=O) groups excluding carboxylic acids is 1. The average Bonchev–Trinajstić information content (AvgIpc) is 3.20. The Hall–Kier alpha value is -2.59. The Morgan fingerprint density at radius 1 is 1.17 bits per heavy atom. The molecule has 9 nitrogen and oxygen atoms in total. The first-order valence-electron chi connectivity index (χ1n) is 9.37. The molecule has 0 radical (unpaired) electrons. The Kier molecular flexibility index (Phi) is 5.46. The summed E-state index contributed by atoms with van der Waals surface area (Å²) < 4.78 is 46.3. The Balaban J connectivity index is 1.32. The van der Waals surface area contributed by atoms with Gasteiger partial charge in [-0.05, 0) is 31.0 Å². The van der Waals surface area contributed by atoms with Gasteiger partial charge in [-0.3, -0.25) is 4.79 Å². The highest BCUT2D eigenvalue weighted by molar-refractivity contribution is 7.88. The molecule has 0 bridgehead atoms. The number of hydrogen-bond acceptors (Lipinski definition) is 8. The van der Waals surface area contributed by atoms with E-state index in [0.29, 0.717) is 62.1 Å². The molecule has 1 aromatic heterocycles. The first kappa shape index (κ1) is 19.7. The highest BCUT2D eigenvalue weighted by Gasteiger charge is 2.30. The van der Waals surface area contributed by atoms with Gasteiger partial charge >= 0.3 is 5.97 Å². The lowest BCUT2D eigenvalue weighted by molar-refractivity contribution is -0.151.